The van der Waals surface area contributed by atoms with E-state index in [-0.39, 0.29) is 16.4 Å². The zero-order valence-electron chi connectivity index (χ0n) is 17.3. The third kappa shape index (κ3) is 3.70. The summed E-state index contributed by atoms with van der Waals surface area (Å²) in [6.07, 6.45) is 0. The molecule has 1 aliphatic heterocycles. The molecule has 1 atom stereocenters. The summed E-state index contributed by atoms with van der Waals surface area (Å²) in [6, 6.07) is 18.4. The molecule has 8 heteroatoms. The lowest BCUT2D eigenvalue weighted by atomic mass is 9.95. The lowest BCUT2D eigenvalue weighted by Gasteiger charge is -2.24. The Labute approximate surface area is 203 Å². The Bertz CT molecular complexity index is 1430. The third-order valence-corrected chi connectivity index (χ3v) is 7.11. The molecule has 5 nitrogen and oxygen atoms in total. The van der Waals surface area contributed by atoms with E-state index in [1.54, 1.807) is 30.3 Å². The van der Waals surface area contributed by atoms with Gasteiger partial charge in [0.25, 0.3) is 5.78 Å². The molecule has 33 heavy (non-hydrogen) atoms. The molecule has 0 radical (unpaired) electrons. The standard InChI is InChI=1S/C25H16Cl2N2O3S/c1-13-6-8-14(9-7-13)22(30)20-21(16-11-10-15(26)12-17(16)27)29(24(32)23(20)31)25-28-18-4-2-3-5-19(18)33-25/h2-12,21,30H,1H3/b22-20+/t21-/m0/s1. The molecule has 0 saturated carbocycles. The maximum atomic E-state index is 13.3. The minimum Gasteiger partial charge on any atom is -0.507 e. The van der Waals surface area contributed by atoms with Crippen LogP contribution in [0.15, 0.2) is 72.3 Å². The number of benzene rings is 3. The van der Waals surface area contributed by atoms with Gasteiger partial charge in [0, 0.05) is 15.6 Å². The second kappa shape index (κ2) is 8.30. The van der Waals surface area contributed by atoms with Crippen molar-refractivity contribution in [3.8, 4) is 0 Å². The first-order chi connectivity index (χ1) is 15.8. The Hall–Kier alpha value is -3.19. The number of amides is 1. The van der Waals surface area contributed by atoms with E-state index >= 15 is 0 Å². The molecular weight excluding hydrogens is 479 g/mol. The zero-order valence-corrected chi connectivity index (χ0v) is 19.6. The molecule has 164 valence electrons. The summed E-state index contributed by atoms with van der Waals surface area (Å²) in [7, 11) is 0. The number of aromatic nitrogens is 1. The van der Waals surface area contributed by atoms with Crippen LogP contribution in [0.2, 0.25) is 10.0 Å². The van der Waals surface area contributed by atoms with Crippen molar-refractivity contribution >= 4 is 67.3 Å². The Balaban J connectivity index is 1.76. The largest absolute Gasteiger partial charge is 0.507 e. The van der Waals surface area contributed by atoms with Crippen molar-refractivity contribution < 1.29 is 14.7 Å². The van der Waals surface area contributed by atoms with Crippen molar-refractivity contribution in [1.82, 2.24) is 4.98 Å². The highest BCUT2D eigenvalue weighted by Crippen LogP contribution is 2.46. The van der Waals surface area contributed by atoms with Gasteiger partial charge in [-0.1, -0.05) is 82.6 Å². The first-order valence-corrected chi connectivity index (χ1v) is 11.6. The van der Waals surface area contributed by atoms with Crippen LogP contribution >= 0.6 is 34.5 Å². The number of aliphatic hydroxyl groups is 1. The number of Topliss-reactive ketones (excluding diaryl/α,β-unsaturated/α-hetero) is 1. The summed E-state index contributed by atoms with van der Waals surface area (Å²) in [4.78, 5) is 32.4. The number of aliphatic hydroxyl groups excluding tert-OH is 1. The number of hydrogen-bond acceptors (Lipinski definition) is 5. The van der Waals surface area contributed by atoms with E-state index < -0.39 is 17.7 Å². The van der Waals surface area contributed by atoms with E-state index in [0.717, 1.165) is 10.3 Å². The molecule has 5 rings (SSSR count). The molecule has 3 aromatic carbocycles. The molecule has 0 aliphatic carbocycles. The smallest absolute Gasteiger partial charge is 0.301 e. The summed E-state index contributed by atoms with van der Waals surface area (Å²) in [5, 5.41) is 12.2. The van der Waals surface area contributed by atoms with Crippen molar-refractivity contribution in [3.63, 3.8) is 0 Å². The number of fused-ring (bicyclic) bond motifs is 1. The Morgan fingerprint density at radius 1 is 1.03 bits per heavy atom. The minimum atomic E-state index is -0.961. The SMILES string of the molecule is Cc1ccc(/C(O)=C2\C(=O)C(=O)N(c3nc4ccccc4s3)[C@H]2c2ccc(Cl)cc2Cl)cc1. The van der Waals surface area contributed by atoms with Crippen molar-refractivity contribution in [3.05, 3.63) is 99.0 Å². The Morgan fingerprint density at radius 3 is 2.45 bits per heavy atom. The molecule has 1 amide bonds. The van der Waals surface area contributed by atoms with Gasteiger partial charge >= 0.3 is 5.91 Å². The van der Waals surface area contributed by atoms with Gasteiger partial charge in [-0.3, -0.25) is 14.5 Å². The summed E-state index contributed by atoms with van der Waals surface area (Å²) in [5.41, 5.74) is 2.55. The van der Waals surface area contributed by atoms with Gasteiger partial charge in [0.2, 0.25) is 0 Å². The van der Waals surface area contributed by atoms with Gasteiger partial charge in [-0.25, -0.2) is 4.98 Å². The lowest BCUT2D eigenvalue weighted by molar-refractivity contribution is -0.132. The number of nitrogens with zero attached hydrogens (tertiary/aromatic N) is 2. The molecule has 1 N–H and O–H groups in total. The van der Waals surface area contributed by atoms with E-state index in [9.17, 15) is 14.7 Å². The predicted molar refractivity (Wildman–Crippen MR) is 132 cm³/mol. The van der Waals surface area contributed by atoms with Crippen LogP contribution < -0.4 is 4.90 Å². The van der Waals surface area contributed by atoms with Crippen LogP contribution in [0.3, 0.4) is 0 Å². The fourth-order valence-corrected chi connectivity index (χ4v) is 5.38. The summed E-state index contributed by atoms with van der Waals surface area (Å²) in [6.45, 7) is 1.92. The number of hydrogen-bond donors (Lipinski definition) is 1. The van der Waals surface area contributed by atoms with Gasteiger partial charge in [-0.05, 0) is 36.8 Å². The summed E-state index contributed by atoms with van der Waals surface area (Å²) >= 11 is 13.9. The molecule has 0 unspecified atom stereocenters. The molecular formula is C25H16Cl2N2O3S. The molecule has 1 saturated heterocycles. The zero-order chi connectivity index (χ0) is 23.3. The maximum Gasteiger partial charge on any atom is 0.301 e. The molecule has 1 fully saturated rings. The first-order valence-electron chi connectivity index (χ1n) is 10.0. The molecule has 0 spiro atoms. The molecule has 1 aliphatic rings. The van der Waals surface area contributed by atoms with Crippen molar-refractivity contribution in [2.24, 2.45) is 0 Å². The van der Waals surface area contributed by atoms with Crippen LogP contribution in [0, 0.1) is 6.92 Å². The van der Waals surface area contributed by atoms with Gasteiger partial charge in [0.15, 0.2) is 5.13 Å². The average molecular weight is 495 g/mol. The fourth-order valence-electron chi connectivity index (χ4n) is 3.88. The number of halogens is 2. The number of carbonyl (C=O) groups is 2. The van der Waals surface area contributed by atoms with E-state index in [1.807, 2.05) is 43.3 Å². The summed E-state index contributed by atoms with van der Waals surface area (Å²) in [5.74, 6) is -1.85. The average Bonchev–Trinajstić information content (AvgIpc) is 3.32. The second-order valence-electron chi connectivity index (χ2n) is 7.67. The lowest BCUT2D eigenvalue weighted by Crippen LogP contribution is -2.29. The van der Waals surface area contributed by atoms with Gasteiger partial charge in [0.1, 0.15) is 5.76 Å². The fraction of sp³-hybridized carbons (Fsp3) is 0.0800. The highest BCUT2D eigenvalue weighted by Gasteiger charge is 2.48. The number of anilines is 1. The highest BCUT2D eigenvalue weighted by molar-refractivity contribution is 7.22. The van der Waals surface area contributed by atoms with Crippen molar-refractivity contribution in [2.45, 2.75) is 13.0 Å². The highest BCUT2D eigenvalue weighted by atomic mass is 35.5. The van der Waals surface area contributed by atoms with Crippen LogP contribution in [0.5, 0.6) is 0 Å². The molecule has 1 aromatic heterocycles. The van der Waals surface area contributed by atoms with Crippen LogP contribution in [0.25, 0.3) is 16.0 Å². The number of ketones is 1. The number of carbonyl (C=O) groups excluding carboxylic acids is 2. The van der Waals surface area contributed by atoms with Gasteiger partial charge in [0.05, 0.1) is 21.8 Å². The van der Waals surface area contributed by atoms with E-state index in [1.165, 1.54) is 16.2 Å². The first kappa shape index (κ1) is 21.6. The second-order valence-corrected chi connectivity index (χ2v) is 9.52. The number of aryl methyl sites for hydroxylation is 1. The summed E-state index contributed by atoms with van der Waals surface area (Å²) < 4.78 is 0.869. The predicted octanol–water partition coefficient (Wildman–Crippen LogP) is 6.54. The van der Waals surface area contributed by atoms with Crippen molar-refractivity contribution in [2.75, 3.05) is 4.90 Å². The monoisotopic (exact) mass is 494 g/mol. The number of para-hydroxylation sites is 1. The molecule has 0 bridgehead atoms. The maximum absolute atomic E-state index is 13.3. The van der Waals surface area contributed by atoms with Crippen LogP contribution in [0.1, 0.15) is 22.7 Å². The van der Waals surface area contributed by atoms with Gasteiger partial charge in [-0.2, -0.15) is 0 Å². The van der Waals surface area contributed by atoms with Crippen LogP contribution in [0.4, 0.5) is 5.13 Å². The van der Waals surface area contributed by atoms with Gasteiger partial charge < -0.3 is 5.11 Å². The number of thiazole rings is 1. The molecule has 4 aromatic rings. The van der Waals surface area contributed by atoms with Gasteiger partial charge in [-0.15, -0.1) is 0 Å². The van der Waals surface area contributed by atoms with E-state index in [0.29, 0.717) is 26.8 Å². The Morgan fingerprint density at radius 2 is 1.76 bits per heavy atom. The minimum absolute atomic E-state index is 0.0488. The Kier molecular flexibility index (Phi) is 5.44. The quantitative estimate of drug-likeness (QED) is 0.199. The normalized spacial score (nSPS) is 17.8. The third-order valence-electron chi connectivity index (χ3n) is 5.52. The van der Waals surface area contributed by atoms with E-state index in [2.05, 4.69) is 4.98 Å². The topological polar surface area (TPSA) is 70.5 Å². The number of rotatable bonds is 3. The van der Waals surface area contributed by atoms with Crippen LogP contribution in [-0.4, -0.2) is 21.8 Å². The molecule has 2 heterocycles. The van der Waals surface area contributed by atoms with E-state index in [4.69, 9.17) is 23.2 Å². The van der Waals surface area contributed by atoms with Crippen molar-refractivity contribution in [1.29, 1.82) is 0 Å². The van der Waals surface area contributed by atoms with Crippen LogP contribution in [-0.2, 0) is 9.59 Å².